The smallest absolute Gasteiger partial charge is 0.0583 e. The highest BCUT2D eigenvalue weighted by Gasteiger charge is 1.99. The third kappa shape index (κ3) is 3.73. The molecule has 0 aliphatic heterocycles. The third-order valence-corrected chi connectivity index (χ3v) is 3.89. The van der Waals surface area contributed by atoms with E-state index in [1.165, 1.54) is 15.3 Å². The van der Waals surface area contributed by atoms with Crippen LogP contribution < -0.4 is 5.32 Å². The van der Waals surface area contributed by atoms with Crippen molar-refractivity contribution in [1.82, 2.24) is 5.32 Å². The zero-order chi connectivity index (χ0) is 12.8. The standard InChI is InChI=1S/C16H17NS/c1-13-11-16(18-14(13)2)12-17-10-6-9-15-7-4-3-5-8-15/h3-5,7-8,11,17H,10,12H2,1-2H3. The first-order valence-corrected chi connectivity index (χ1v) is 6.88. The minimum atomic E-state index is 0.727. The highest BCUT2D eigenvalue weighted by molar-refractivity contribution is 7.12. The second-order valence-electron chi connectivity index (χ2n) is 4.22. The molecule has 0 atom stereocenters. The van der Waals surface area contributed by atoms with Crippen LogP contribution in [0.25, 0.3) is 0 Å². The van der Waals surface area contributed by atoms with Crippen molar-refractivity contribution in [2.75, 3.05) is 6.54 Å². The van der Waals surface area contributed by atoms with E-state index in [4.69, 9.17) is 0 Å². The molecule has 1 nitrogen and oxygen atoms in total. The molecule has 1 aromatic heterocycles. The molecule has 2 heteroatoms. The zero-order valence-electron chi connectivity index (χ0n) is 10.8. The average Bonchev–Trinajstić information content (AvgIpc) is 2.70. The lowest BCUT2D eigenvalue weighted by molar-refractivity contribution is 0.780. The number of rotatable bonds is 3. The Hall–Kier alpha value is -1.56. The van der Waals surface area contributed by atoms with Crippen molar-refractivity contribution >= 4 is 11.3 Å². The fourth-order valence-electron chi connectivity index (χ4n) is 1.65. The van der Waals surface area contributed by atoms with Crippen molar-refractivity contribution < 1.29 is 0 Å². The number of thiophene rings is 1. The van der Waals surface area contributed by atoms with Gasteiger partial charge in [-0.25, -0.2) is 0 Å². The van der Waals surface area contributed by atoms with Gasteiger partial charge in [0.05, 0.1) is 6.54 Å². The van der Waals surface area contributed by atoms with Crippen LogP contribution in [0.5, 0.6) is 0 Å². The first-order valence-electron chi connectivity index (χ1n) is 6.06. The Morgan fingerprint density at radius 2 is 1.94 bits per heavy atom. The molecule has 1 heterocycles. The normalized spacial score (nSPS) is 9.89. The minimum Gasteiger partial charge on any atom is -0.301 e. The van der Waals surface area contributed by atoms with Crippen LogP contribution in [-0.2, 0) is 6.54 Å². The molecule has 0 aliphatic carbocycles. The molecule has 0 spiro atoms. The molecule has 0 saturated carbocycles. The van der Waals surface area contributed by atoms with Crippen LogP contribution in [0.1, 0.15) is 20.9 Å². The molecule has 0 aliphatic rings. The maximum atomic E-state index is 3.35. The summed E-state index contributed by atoms with van der Waals surface area (Å²) in [5.41, 5.74) is 2.45. The lowest BCUT2D eigenvalue weighted by Gasteiger charge is -1.96. The fourth-order valence-corrected chi connectivity index (χ4v) is 2.68. The number of nitrogens with one attached hydrogen (secondary N) is 1. The maximum Gasteiger partial charge on any atom is 0.0583 e. The van der Waals surface area contributed by atoms with E-state index in [0.717, 1.165) is 18.7 Å². The molecule has 0 saturated heterocycles. The van der Waals surface area contributed by atoms with Crippen molar-refractivity contribution in [1.29, 1.82) is 0 Å². The second-order valence-corrected chi connectivity index (χ2v) is 5.56. The molecule has 1 aromatic carbocycles. The molecule has 0 amide bonds. The van der Waals surface area contributed by atoms with Crippen molar-refractivity contribution in [3.63, 3.8) is 0 Å². The van der Waals surface area contributed by atoms with Gasteiger partial charge in [0, 0.05) is 21.9 Å². The molecular formula is C16H17NS. The van der Waals surface area contributed by atoms with Gasteiger partial charge in [-0.2, -0.15) is 0 Å². The Balaban J connectivity index is 1.78. The molecule has 1 N–H and O–H groups in total. The summed E-state index contributed by atoms with van der Waals surface area (Å²) in [6, 6.07) is 12.3. The number of aryl methyl sites for hydroxylation is 2. The predicted molar refractivity (Wildman–Crippen MR) is 78.8 cm³/mol. The van der Waals surface area contributed by atoms with Crippen LogP contribution >= 0.6 is 11.3 Å². The Labute approximate surface area is 113 Å². The summed E-state index contributed by atoms with van der Waals surface area (Å²) >= 11 is 1.86. The zero-order valence-corrected chi connectivity index (χ0v) is 11.6. The summed E-state index contributed by atoms with van der Waals surface area (Å²) < 4.78 is 0. The fraction of sp³-hybridized carbons (Fsp3) is 0.250. The topological polar surface area (TPSA) is 12.0 Å². The van der Waals surface area contributed by atoms with Crippen molar-refractivity contribution in [3.8, 4) is 11.8 Å². The van der Waals surface area contributed by atoms with Crippen LogP contribution in [0.2, 0.25) is 0 Å². The summed E-state index contributed by atoms with van der Waals surface area (Å²) in [6.45, 7) is 5.96. The first kappa shape index (κ1) is 12.9. The van der Waals surface area contributed by atoms with E-state index in [-0.39, 0.29) is 0 Å². The molecule has 0 fully saturated rings. The van der Waals surface area contributed by atoms with Gasteiger partial charge in [0.25, 0.3) is 0 Å². The van der Waals surface area contributed by atoms with E-state index in [9.17, 15) is 0 Å². The lowest BCUT2D eigenvalue weighted by atomic mass is 10.2. The van der Waals surface area contributed by atoms with E-state index in [2.05, 4.69) is 37.1 Å². The van der Waals surface area contributed by atoms with Crippen LogP contribution in [-0.4, -0.2) is 6.54 Å². The summed E-state index contributed by atoms with van der Waals surface area (Å²) in [7, 11) is 0. The molecule has 0 unspecified atom stereocenters. The summed E-state index contributed by atoms with van der Waals surface area (Å²) in [5, 5.41) is 3.35. The average molecular weight is 255 g/mol. The van der Waals surface area contributed by atoms with E-state index in [1.54, 1.807) is 0 Å². The number of hydrogen-bond acceptors (Lipinski definition) is 2. The van der Waals surface area contributed by atoms with E-state index < -0.39 is 0 Å². The number of hydrogen-bond donors (Lipinski definition) is 1. The Kier molecular flexibility index (Phi) is 4.58. The third-order valence-electron chi connectivity index (χ3n) is 2.74. The second kappa shape index (κ2) is 6.39. The largest absolute Gasteiger partial charge is 0.301 e. The highest BCUT2D eigenvalue weighted by atomic mass is 32.1. The quantitative estimate of drug-likeness (QED) is 0.654. The van der Waals surface area contributed by atoms with Crippen LogP contribution in [0, 0.1) is 25.7 Å². The highest BCUT2D eigenvalue weighted by Crippen LogP contribution is 2.19. The minimum absolute atomic E-state index is 0.727. The van der Waals surface area contributed by atoms with Gasteiger partial charge in [-0.15, -0.1) is 11.3 Å². The van der Waals surface area contributed by atoms with Crippen molar-refractivity contribution in [2.24, 2.45) is 0 Å². The number of benzene rings is 1. The summed E-state index contributed by atoms with van der Waals surface area (Å²) in [5.74, 6) is 6.28. The van der Waals surface area contributed by atoms with E-state index >= 15 is 0 Å². The molecular weight excluding hydrogens is 238 g/mol. The van der Waals surface area contributed by atoms with Crippen LogP contribution in [0.3, 0.4) is 0 Å². The van der Waals surface area contributed by atoms with Gasteiger partial charge in [0.2, 0.25) is 0 Å². The van der Waals surface area contributed by atoms with Crippen LogP contribution in [0.15, 0.2) is 36.4 Å². The Morgan fingerprint density at radius 3 is 2.61 bits per heavy atom. The first-order chi connectivity index (χ1) is 8.75. The molecule has 0 radical (unpaired) electrons. The molecule has 92 valence electrons. The van der Waals surface area contributed by atoms with Crippen LogP contribution in [0.4, 0.5) is 0 Å². The Morgan fingerprint density at radius 1 is 1.17 bits per heavy atom. The monoisotopic (exact) mass is 255 g/mol. The predicted octanol–water partition coefficient (Wildman–Crippen LogP) is 3.51. The summed E-state index contributed by atoms with van der Waals surface area (Å²) in [6.07, 6.45) is 0. The molecule has 2 rings (SSSR count). The van der Waals surface area contributed by atoms with Gasteiger partial charge in [-0.1, -0.05) is 30.0 Å². The SMILES string of the molecule is Cc1cc(CNCC#Cc2ccccc2)sc1C. The maximum absolute atomic E-state index is 3.35. The van der Waals surface area contributed by atoms with Gasteiger partial charge < -0.3 is 5.32 Å². The van der Waals surface area contributed by atoms with Gasteiger partial charge in [-0.3, -0.25) is 0 Å². The molecule has 2 aromatic rings. The van der Waals surface area contributed by atoms with E-state index in [1.807, 2.05) is 41.7 Å². The van der Waals surface area contributed by atoms with Gasteiger partial charge in [0.1, 0.15) is 0 Å². The van der Waals surface area contributed by atoms with Gasteiger partial charge >= 0.3 is 0 Å². The lowest BCUT2D eigenvalue weighted by Crippen LogP contribution is -2.12. The van der Waals surface area contributed by atoms with Crippen molar-refractivity contribution in [2.45, 2.75) is 20.4 Å². The Bertz CT molecular complexity index is 538. The van der Waals surface area contributed by atoms with E-state index in [0.29, 0.717) is 0 Å². The molecule has 18 heavy (non-hydrogen) atoms. The van der Waals surface area contributed by atoms with Gasteiger partial charge in [0.15, 0.2) is 0 Å². The molecule has 0 bridgehead atoms. The summed E-state index contributed by atoms with van der Waals surface area (Å²) in [4.78, 5) is 2.79. The van der Waals surface area contributed by atoms with Crippen molar-refractivity contribution in [3.05, 3.63) is 57.3 Å². The van der Waals surface area contributed by atoms with Gasteiger partial charge in [-0.05, 0) is 37.6 Å².